The number of pyridine rings is 1. The maximum Gasteiger partial charge on any atom is 0.144 e. The molecular weight excluding hydrogens is 270 g/mol. The Balaban J connectivity index is 2.30. The van der Waals surface area contributed by atoms with E-state index in [1.54, 1.807) is 0 Å². The monoisotopic (exact) mass is 285 g/mol. The maximum absolute atomic E-state index is 9.26. The second kappa shape index (κ2) is 5.94. The van der Waals surface area contributed by atoms with E-state index in [2.05, 4.69) is 16.4 Å². The first-order valence-corrected chi connectivity index (χ1v) is 6.79. The maximum atomic E-state index is 9.26. The summed E-state index contributed by atoms with van der Waals surface area (Å²) in [6.07, 6.45) is 0. The van der Waals surface area contributed by atoms with Crippen LogP contribution in [0.4, 0.5) is 5.82 Å². The van der Waals surface area contributed by atoms with Gasteiger partial charge in [-0.2, -0.15) is 5.26 Å². The summed E-state index contributed by atoms with van der Waals surface area (Å²) in [5, 5.41) is 13.3. The van der Waals surface area contributed by atoms with Gasteiger partial charge in [0.25, 0.3) is 0 Å². The van der Waals surface area contributed by atoms with Gasteiger partial charge >= 0.3 is 0 Å². The lowest BCUT2D eigenvalue weighted by Crippen LogP contribution is -2.10. The van der Waals surface area contributed by atoms with Crippen molar-refractivity contribution in [2.75, 3.05) is 5.32 Å². The third-order valence-electron chi connectivity index (χ3n) is 3.18. The van der Waals surface area contributed by atoms with Gasteiger partial charge in [-0.05, 0) is 50.1 Å². The summed E-state index contributed by atoms with van der Waals surface area (Å²) in [6, 6.07) is 11.8. The van der Waals surface area contributed by atoms with E-state index < -0.39 is 0 Å². The normalized spacial score (nSPS) is 11.8. The number of hydrogen-bond acceptors (Lipinski definition) is 3. The Kier molecular flexibility index (Phi) is 4.26. The summed E-state index contributed by atoms with van der Waals surface area (Å²) in [6.45, 7) is 5.88. The highest BCUT2D eigenvalue weighted by molar-refractivity contribution is 6.30. The Morgan fingerprint density at radius 3 is 2.50 bits per heavy atom. The fraction of sp³-hybridized carbons (Fsp3) is 0.250. The Morgan fingerprint density at radius 1 is 1.25 bits per heavy atom. The summed E-state index contributed by atoms with van der Waals surface area (Å²) >= 11 is 5.89. The molecule has 0 spiro atoms. The average molecular weight is 286 g/mol. The van der Waals surface area contributed by atoms with E-state index in [0.29, 0.717) is 16.4 Å². The van der Waals surface area contributed by atoms with E-state index in [-0.39, 0.29) is 6.04 Å². The van der Waals surface area contributed by atoms with Crippen molar-refractivity contribution < 1.29 is 0 Å². The molecule has 2 aromatic rings. The molecule has 4 heteroatoms. The number of nitrogens with one attached hydrogen (secondary N) is 1. The van der Waals surface area contributed by atoms with Crippen molar-refractivity contribution in [3.05, 3.63) is 57.7 Å². The Bertz CT molecular complexity index is 657. The van der Waals surface area contributed by atoms with Crippen LogP contribution < -0.4 is 5.32 Å². The van der Waals surface area contributed by atoms with Crippen LogP contribution in [0.3, 0.4) is 0 Å². The molecule has 2 rings (SSSR count). The largest absolute Gasteiger partial charge is 0.362 e. The number of halogens is 1. The van der Waals surface area contributed by atoms with Gasteiger partial charge in [-0.15, -0.1) is 0 Å². The van der Waals surface area contributed by atoms with Crippen molar-refractivity contribution in [3.8, 4) is 6.07 Å². The molecule has 0 aliphatic carbocycles. The predicted molar refractivity (Wildman–Crippen MR) is 81.9 cm³/mol. The number of rotatable bonds is 3. The summed E-state index contributed by atoms with van der Waals surface area (Å²) in [5.41, 5.74) is 3.52. The Hall–Kier alpha value is -2.05. The van der Waals surface area contributed by atoms with Crippen molar-refractivity contribution in [1.29, 1.82) is 5.26 Å². The number of aromatic nitrogens is 1. The van der Waals surface area contributed by atoms with E-state index in [1.807, 2.05) is 51.1 Å². The van der Waals surface area contributed by atoms with Crippen LogP contribution >= 0.6 is 11.6 Å². The van der Waals surface area contributed by atoms with Gasteiger partial charge in [0.2, 0.25) is 0 Å². The zero-order valence-electron chi connectivity index (χ0n) is 11.7. The van der Waals surface area contributed by atoms with E-state index in [4.69, 9.17) is 11.6 Å². The Morgan fingerprint density at radius 2 is 1.90 bits per heavy atom. The minimum absolute atomic E-state index is 0.0491. The molecule has 102 valence electrons. The molecule has 1 atom stereocenters. The first-order valence-electron chi connectivity index (χ1n) is 6.41. The minimum Gasteiger partial charge on any atom is -0.362 e. The van der Waals surface area contributed by atoms with Crippen molar-refractivity contribution in [3.63, 3.8) is 0 Å². The summed E-state index contributed by atoms with van der Waals surface area (Å²) in [4.78, 5) is 4.43. The molecule has 0 aliphatic heterocycles. The number of benzene rings is 1. The van der Waals surface area contributed by atoms with Gasteiger partial charge in [0.15, 0.2) is 0 Å². The van der Waals surface area contributed by atoms with Gasteiger partial charge in [-0.1, -0.05) is 23.7 Å². The zero-order chi connectivity index (χ0) is 14.7. The van der Waals surface area contributed by atoms with E-state index in [1.165, 1.54) is 0 Å². The van der Waals surface area contributed by atoms with Crippen molar-refractivity contribution in [2.45, 2.75) is 26.8 Å². The van der Waals surface area contributed by atoms with Gasteiger partial charge in [0.1, 0.15) is 11.9 Å². The molecule has 0 saturated heterocycles. The molecule has 0 saturated carbocycles. The van der Waals surface area contributed by atoms with Crippen LogP contribution in [0.2, 0.25) is 5.02 Å². The predicted octanol–water partition coefficient (Wildman–Crippen LogP) is 4.40. The van der Waals surface area contributed by atoms with Crippen LogP contribution in [-0.4, -0.2) is 4.98 Å². The number of hydrogen-bond donors (Lipinski definition) is 1. The number of nitriles is 1. The van der Waals surface area contributed by atoms with Crippen LogP contribution in [-0.2, 0) is 0 Å². The van der Waals surface area contributed by atoms with Gasteiger partial charge in [-0.3, -0.25) is 0 Å². The van der Waals surface area contributed by atoms with Crippen molar-refractivity contribution in [1.82, 2.24) is 4.98 Å². The van der Waals surface area contributed by atoms with Gasteiger partial charge in [0, 0.05) is 16.8 Å². The van der Waals surface area contributed by atoms with E-state index in [9.17, 15) is 5.26 Å². The van der Waals surface area contributed by atoms with Crippen LogP contribution in [0, 0.1) is 25.2 Å². The quantitative estimate of drug-likeness (QED) is 0.909. The molecule has 0 aliphatic rings. The number of anilines is 1. The van der Waals surface area contributed by atoms with Crippen LogP contribution in [0.5, 0.6) is 0 Å². The number of aryl methyl sites for hydroxylation is 2. The average Bonchev–Trinajstić information content (AvgIpc) is 2.39. The third kappa shape index (κ3) is 3.09. The lowest BCUT2D eigenvalue weighted by molar-refractivity contribution is 0.870. The first-order chi connectivity index (χ1) is 9.51. The number of nitrogens with zero attached hydrogens (tertiary/aromatic N) is 2. The second-order valence-corrected chi connectivity index (χ2v) is 5.27. The smallest absolute Gasteiger partial charge is 0.144 e. The van der Waals surface area contributed by atoms with Gasteiger partial charge < -0.3 is 5.32 Å². The van der Waals surface area contributed by atoms with E-state index >= 15 is 0 Å². The molecular formula is C16H16ClN3. The second-order valence-electron chi connectivity index (χ2n) is 4.83. The van der Waals surface area contributed by atoms with Crippen LogP contribution in [0.1, 0.15) is 35.3 Å². The van der Waals surface area contributed by atoms with Crippen molar-refractivity contribution >= 4 is 17.4 Å². The Labute approximate surface area is 124 Å². The zero-order valence-corrected chi connectivity index (χ0v) is 12.5. The summed E-state index contributed by atoms with van der Waals surface area (Å²) < 4.78 is 0. The minimum atomic E-state index is 0.0491. The van der Waals surface area contributed by atoms with Gasteiger partial charge in [0.05, 0.1) is 5.56 Å². The molecule has 3 nitrogen and oxygen atoms in total. The lowest BCUT2D eigenvalue weighted by Gasteiger charge is -2.17. The molecule has 1 heterocycles. The molecule has 20 heavy (non-hydrogen) atoms. The standard InChI is InChI=1S/C16H16ClN3/c1-10-8-11(2)19-16(15(10)9-18)20-12(3)13-4-6-14(17)7-5-13/h4-8,12H,1-3H3,(H,19,20). The first kappa shape index (κ1) is 14.4. The van der Waals surface area contributed by atoms with Crippen molar-refractivity contribution in [2.24, 2.45) is 0 Å². The molecule has 1 aromatic heterocycles. The molecule has 0 fully saturated rings. The third-order valence-corrected chi connectivity index (χ3v) is 3.43. The SMILES string of the molecule is Cc1cc(C)c(C#N)c(NC(C)c2ccc(Cl)cc2)n1. The fourth-order valence-electron chi connectivity index (χ4n) is 2.12. The lowest BCUT2D eigenvalue weighted by atomic mass is 10.1. The highest BCUT2D eigenvalue weighted by atomic mass is 35.5. The topological polar surface area (TPSA) is 48.7 Å². The molecule has 1 N–H and O–H groups in total. The summed E-state index contributed by atoms with van der Waals surface area (Å²) in [5.74, 6) is 0.632. The highest BCUT2D eigenvalue weighted by Crippen LogP contribution is 2.24. The van der Waals surface area contributed by atoms with E-state index in [0.717, 1.165) is 16.8 Å². The van der Waals surface area contributed by atoms with Crippen LogP contribution in [0.25, 0.3) is 0 Å². The molecule has 0 amide bonds. The summed E-state index contributed by atoms with van der Waals surface area (Å²) in [7, 11) is 0. The highest BCUT2D eigenvalue weighted by Gasteiger charge is 2.12. The fourth-order valence-corrected chi connectivity index (χ4v) is 2.25. The molecule has 1 aromatic carbocycles. The van der Waals surface area contributed by atoms with Crippen LogP contribution in [0.15, 0.2) is 30.3 Å². The molecule has 0 bridgehead atoms. The van der Waals surface area contributed by atoms with Gasteiger partial charge in [-0.25, -0.2) is 4.98 Å². The molecule has 0 radical (unpaired) electrons. The molecule has 1 unspecified atom stereocenters.